The van der Waals surface area contributed by atoms with Crippen molar-refractivity contribution in [3.05, 3.63) is 23.8 Å². The maximum Gasteiger partial charge on any atom is 0.157 e. The molecule has 0 aliphatic carbocycles. The van der Waals surface area contributed by atoms with Gasteiger partial charge in [0.15, 0.2) is 11.5 Å². The van der Waals surface area contributed by atoms with E-state index < -0.39 is 6.10 Å². The van der Waals surface area contributed by atoms with Crippen LogP contribution in [0.4, 0.5) is 0 Å². The van der Waals surface area contributed by atoms with Crippen LogP contribution in [0.1, 0.15) is 11.7 Å². The number of aliphatic hydroxyl groups is 1. The maximum absolute atomic E-state index is 9.48. The van der Waals surface area contributed by atoms with E-state index in [0.29, 0.717) is 12.1 Å². The van der Waals surface area contributed by atoms with E-state index in [9.17, 15) is 5.11 Å². The Labute approximate surface area is 76.5 Å². The zero-order valence-electron chi connectivity index (χ0n) is 7.36. The lowest BCUT2D eigenvalue weighted by atomic mass is 10.2. The number of aromatic hydroxyl groups is 2. The summed E-state index contributed by atoms with van der Waals surface area (Å²) in [7, 11) is 1.73. The molecule has 0 amide bonds. The third-order valence-electron chi connectivity index (χ3n) is 1.78. The van der Waals surface area contributed by atoms with E-state index in [-0.39, 0.29) is 11.5 Å². The Balaban J connectivity index is 2.84. The molecule has 1 aromatic rings. The molecule has 0 fully saturated rings. The molecule has 4 N–H and O–H groups in total. The monoisotopic (exact) mass is 186 g/mol. The van der Waals surface area contributed by atoms with Crippen LogP contribution < -0.4 is 5.32 Å². The van der Waals surface area contributed by atoms with Crippen LogP contribution in [-0.4, -0.2) is 28.9 Å². The van der Waals surface area contributed by atoms with Gasteiger partial charge in [-0.05, 0) is 24.7 Å². The van der Waals surface area contributed by atoms with Gasteiger partial charge in [0.2, 0.25) is 0 Å². The Kier molecular flexibility index (Phi) is 3.11. The van der Waals surface area contributed by atoms with Crippen molar-refractivity contribution in [2.45, 2.75) is 6.10 Å². The van der Waals surface area contributed by atoms with Gasteiger partial charge in [-0.2, -0.15) is 0 Å². The molecular formula is C9H13NO3. The molecule has 13 heavy (non-hydrogen) atoms. The summed E-state index contributed by atoms with van der Waals surface area (Å²) in [6, 6.07) is 4.26. The van der Waals surface area contributed by atoms with Gasteiger partial charge in [0.25, 0.3) is 0 Å². The number of likely N-dealkylation sites (N-methyl/N-ethyl adjacent to an activating group) is 1. The summed E-state index contributed by atoms with van der Waals surface area (Å²) in [6.07, 6.45) is -0.670. The molecule has 4 heteroatoms. The molecule has 72 valence electrons. The highest BCUT2D eigenvalue weighted by Gasteiger charge is 2.08. The summed E-state index contributed by atoms with van der Waals surface area (Å²) < 4.78 is 0. The van der Waals surface area contributed by atoms with Crippen molar-refractivity contribution in [1.29, 1.82) is 0 Å². The number of hydrogen-bond donors (Lipinski definition) is 4. The standard InChI is InChI=1S/C9H13NO3/c1-10-5-9(13)6-2-3-7(11)8(12)4-6/h2-4,9-13H,5H2,1H3/i5+1,9+1,10+1. The molecule has 4 nitrogen and oxygen atoms in total. The SMILES string of the molecule is C[15NH][13CH2][13CH](O)c1ccc(O)c(O)c1. The van der Waals surface area contributed by atoms with Gasteiger partial charge in [-0.3, -0.25) is 0 Å². The molecule has 0 aliphatic heterocycles. The van der Waals surface area contributed by atoms with Gasteiger partial charge in [-0.1, -0.05) is 6.07 Å². The predicted molar refractivity (Wildman–Crippen MR) is 48.7 cm³/mol. The van der Waals surface area contributed by atoms with E-state index in [1.165, 1.54) is 12.1 Å². The second kappa shape index (κ2) is 4.11. The maximum atomic E-state index is 9.48. The van der Waals surface area contributed by atoms with E-state index in [1.54, 1.807) is 13.1 Å². The first-order valence-electron chi connectivity index (χ1n) is 3.99. The number of phenolic OH excluding ortho intramolecular Hbond substituents is 2. The second-order valence-corrected chi connectivity index (χ2v) is 2.82. The lowest BCUT2D eigenvalue weighted by Crippen LogP contribution is -2.16. The average molecular weight is 186 g/mol. The largest absolute Gasteiger partial charge is 0.504 e. The van der Waals surface area contributed by atoms with Crippen LogP contribution in [0.2, 0.25) is 0 Å². The van der Waals surface area contributed by atoms with Gasteiger partial charge in [0.05, 0.1) is 6.10 Å². The van der Waals surface area contributed by atoms with Gasteiger partial charge in [0, 0.05) is 6.54 Å². The van der Waals surface area contributed by atoms with Gasteiger partial charge in [0.1, 0.15) is 0 Å². The lowest BCUT2D eigenvalue weighted by Gasteiger charge is -2.10. The number of aliphatic hydroxyl groups excluding tert-OH is 1. The van der Waals surface area contributed by atoms with Crippen LogP contribution in [0.3, 0.4) is 0 Å². The van der Waals surface area contributed by atoms with E-state index in [0.717, 1.165) is 0 Å². The Bertz CT molecular complexity index is 288. The van der Waals surface area contributed by atoms with E-state index in [1.807, 2.05) is 0 Å². The van der Waals surface area contributed by atoms with Crippen molar-refractivity contribution < 1.29 is 15.3 Å². The third kappa shape index (κ3) is 2.34. The molecule has 0 radical (unpaired) electrons. The number of hydrogen-bond acceptors (Lipinski definition) is 4. The van der Waals surface area contributed by atoms with Crippen molar-refractivity contribution in [1.82, 2.24) is 5.32 Å². The molecule has 0 saturated heterocycles. The highest BCUT2D eigenvalue weighted by molar-refractivity contribution is 5.41. The van der Waals surface area contributed by atoms with E-state index in [4.69, 9.17) is 10.2 Å². The van der Waals surface area contributed by atoms with E-state index >= 15 is 0 Å². The summed E-state index contributed by atoms with van der Waals surface area (Å²) in [4.78, 5) is 0. The van der Waals surface area contributed by atoms with Crippen LogP contribution in [0.5, 0.6) is 11.5 Å². The number of rotatable bonds is 3. The number of nitrogens with one attached hydrogen (secondary N) is 1. The Morgan fingerprint density at radius 3 is 2.54 bits per heavy atom. The molecule has 0 saturated carbocycles. The fourth-order valence-electron chi connectivity index (χ4n) is 1.06. The van der Waals surface area contributed by atoms with Crippen LogP contribution >= 0.6 is 0 Å². The minimum atomic E-state index is -0.670. The van der Waals surface area contributed by atoms with Gasteiger partial charge >= 0.3 is 0 Å². The summed E-state index contributed by atoms with van der Waals surface area (Å²) in [5, 5.41) is 30.4. The van der Waals surface area contributed by atoms with Crippen LogP contribution in [-0.2, 0) is 0 Å². The second-order valence-electron chi connectivity index (χ2n) is 2.82. The van der Waals surface area contributed by atoms with Crippen molar-refractivity contribution in [2.75, 3.05) is 13.6 Å². The first-order valence-corrected chi connectivity index (χ1v) is 3.99. The van der Waals surface area contributed by atoms with Gasteiger partial charge in [-0.15, -0.1) is 0 Å². The Morgan fingerprint density at radius 1 is 1.31 bits per heavy atom. The molecular weight excluding hydrogens is 173 g/mol. The summed E-state index contributed by atoms with van der Waals surface area (Å²) >= 11 is 0. The van der Waals surface area contributed by atoms with Crippen LogP contribution in [0.15, 0.2) is 18.2 Å². The molecule has 0 aliphatic rings. The molecule has 1 unspecified atom stereocenters. The molecule has 1 atom stereocenters. The molecule has 0 bridgehead atoms. The molecule has 0 heterocycles. The minimum absolute atomic E-state index is 0.180. The highest BCUT2D eigenvalue weighted by Crippen LogP contribution is 2.27. The topological polar surface area (TPSA) is 72.7 Å². The zero-order chi connectivity index (χ0) is 9.84. The van der Waals surface area contributed by atoms with Crippen molar-refractivity contribution in [3.8, 4) is 11.5 Å². The summed E-state index contributed by atoms with van der Waals surface area (Å²) in [6.45, 7) is 0.407. The highest BCUT2D eigenvalue weighted by atomic mass is 16.4. The fraction of sp³-hybridized carbons (Fsp3) is 0.333. The number of phenols is 2. The van der Waals surface area contributed by atoms with E-state index in [2.05, 4.69) is 5.32 Å². The first-order chi connectivity index (χ1) is 6.15. The van der Waals surface area contributed by atoms with Gasteiger partial charge < -0.3 is 20.6 Å². The number of benzene rings is 1. The van der Waals surface area contributed by atoms with Crippen LogP contribution in [0, 0.1) is 0 Å². The summed E-state index contributed by atoms with van der Waals surface area (Å²) in [5.41, 5.74) is 0.574. The van der Waals surface area contributed by atoms with Gasteiger partial charge in [-0.25, -0.2) is 0 Å². The summed E-state index contributed by atoms with van der Waals surface area (Å²) in [5.74, 6) is -0.395. The van der Waals surface area contributed by atoms with Crippen molar-refractivity contribution >= 4 is 0 Å². The van der Waals surface area contributed by atoms with Crippen molar-refractivity contribution in [2.24, 2.45) is 0 Å². The van der Waals surface area contributed by atoms with Crippen LogP contribution in [0.25, 0.3) is 0 Å². The first kappa shape index (κ1) is 9.83. The van der Waals surface area contributed by atoms with Crippen molar-refractivity contribution in [3.63, 3.8) is 0 Å². The smallest absolute Gasteiger partial charge is 0.157 e. The molecule has 1 rings (SSSR count). The third-order valence-corrected chi connectivity index (χ3v) is 1.78. The normalized spacial score (nSPS) is 12.8. The minimum Gasteiger partial charge on any atom is -0.504 e. The lowest BCUT2D eigenvalue weighted by molar-refractivity contribution is 0.177. The Hall–Kier alpha value is -1.26. The average Bonchev–Trinajstić information content (AvgIpc) is 2.10. The zero-order valence-corrected chi connectivity index (χ0v) is 7.36. The quantitative estimate of drug-likeness (QED) is 0.312. The molecule has 0 aromatic heterocycles. The molecule has 1 aromatic carbocycles. The molecule has 0 spiro atoms. The Morgan fingerprint density at radius 2 is 2.00 bits per heavy atom. The predicted octanol–water partition coefficient (Wildman–Crippen LogP) is 0.351. The fourth-order valence-corrected chi connectivity index (χ4v) is 1.06.